The Balaban J connectivity index is 1.67. The molecule has 0 fully saturated rings. The fourth-order valence-electron chi connectivity index (χ4n) is 2.88. The van der Waals surface area contributed by atoms with Gasteiger partial charge in [-0.3, -0.25) is 4.79 Å². The summed E-state index contributed by atoms with van der Waals surface area (Å²) in [6.45, 7) is -0.0257. The van der Waals surface area contributed by atoms with Gasteiger partial charge < -0.3 is 14.8 Å². The van der Waals surface area contributed by atoms with Crippen molar-refractivity contribution < 1.29 is 22.7 Å². The van der Waals surface area contributed by atoms with E-state index in [4.69, 9.17) is 9.47 Å². The minimum absolute atomic E-state index is 0.100. The average Bonchev–Trinajstić information content (AvgIpc) is 3.32. The molecule has 1 N–H and O–H groups in total. The zero-order valence-electron chi connectivity index (χ0n) is 17.1. The summed E-state index contributed by atoms with van der Waals surface area (Å²) in [5, 5.41) is 4.67. The van der Waals surface area contributed by atoms with Gasteiger partial charge in [-0.1, -0.05) is 24.3 Å². The number of methoxy groups -OCH3 is 2. The number of carbonyl (C=O) groups excluding carboxylic acids is 1. The van der Waals surface area contributed by atoms with Crippen molar-refractivity contribution in [2.45, 2.75) is 11.3 Å². The summed E-state index contributed by atoms with van der Waals surface area (Å²) in [5.74, 6) is 0.811. The van der Waals surface area contributed by atoms with E-state index in [2.05, 4.69) is 10.3 Å². The molecule has 0 unspecified atom stereocenters. The molecule has 0 radical (unpaired) electrons. The number of hydrogen-bond donors (Lipinski definition) is 1. The molecule has 164 valence electrons. The van der Waals surface area contributed by atoms with E-state index in [9.17, 15) is 13.2 Å². The van der Waals surface area contributed by atoms with Gasteiger partial charge in [-0.05, 0) is 36.2 Å². The van der Waals surface area contributed by atoms with Crippen molar-refractivity contribution in [3.05, 3.63) is 65.7 Å². The van der Waals surface area contributed by atoms with Gasteiger partial charge in [0.15, 0.2) is 16.6 Å². The first-order chi connectivity index (χ1) is 15.0. The normalized spacial score (nSPS) is 11.0. The Morgan fingerprint density at radius 2 is 1.84 bits per heavy atom. The maximum absolute atomic E-state index is 13.1. The lowest BCUT2D eigenvalue weighted by Gasteiger charge is -2.21. The fourth-order valence-corrected chi connectivity index (χ4v) is 5.15. The molecule has 2 aromatic carbocycles. The van der Waals surface area contributed by atoms with E-state index in [1.165, 1.54) is 18.3 Å². The second kappa shape index (κ2) is 10.3. The maximum Gasteiger partial charge on any atom is 0.266 e. The zero-order chi connectivity index (χ0) is 22.3. The first-order valence-electron chi connectivity index (χ1n) is 9.40. The Morgan fingerprint density at radius 1 is 1.10 bits per heavy atom. The number of aromatic nitrogens is 1. The van der Waals surface area contributed by atoms with Crippen molar-refractivity contribution in [2.24, 2.45) is 0 Å². The highest BCUT2D eigenvalue weighted by atomic mass is 32.2. The van der Waals surface area contributed by atoms with Gasteiger partial charge in [0.05, 0.1) is 19.1 Å². The van der Waals surface area contributed by atoms with E-state index in [0.717, 1.165) is 21.2 Å². The smallest absolute Gasteiger partial charge is 0.266 e. The van der Waals surface area contributed by atoms with Crippen LogP contribution in [0.5, 0.6) is 11.5 Å². The van der Waals surface area contributed by atoms with Crippen LogP contribution < -0.4 is 19.1 Å². The van der Waals surface area contributed by atoms with Crippen LogP contribution >= 0.6 is 11.3 Å². The molecular formula is C21H23N3O5S2. The number of thiazole rings is 1. The van der Waals surface area contributed by atoms with E-state index in [1.807, 2.05) is 12.1 Å². The second-order valence-corrected chi connectivity index (χ2v) is 9.16. The molecule has 31 heavy (non-hydrogen) atoms. The van der Waals surface area contributed by atoms with Gasteiger partial charge in [-0.25, -0.2) is 17.7 Å². The van der Waals surface area contributed by atoms with Crippen LogP contribution in [-0.2, 0) is 21.2 Å². The molecule has 0 aliphatic carbocycles. The minimum atomic E-state index is -3.92. The second-order valence-electron chi connectivity index (χ2n) is 6.43. The van der Waals surface area contributed by atoms with Crippen LogP contribution in [-0.4, -0.2) is 46.6 Å². The van der Waals surface area contributed by atoms with Crippen molar-refractivity contribution >= 4 is 32.4 Å². The summed E-state index contributed by atoms with van der Waals surface area (Å²) in [6.07, 6.45) is 2.05. The molecular weight excluding hydrogens is 438 g/mol. The number of ether oxygens (including phenoxy) is 2. The third-order valence-corrected chi connectivity index (χ3v) is 7.10. The Morgan fingerprint density at radius 3 is 2.48 bits per heavy atom. The fraction of sp³-hybridized carbons (Fsp3) is 0.238. The van der Waals surface area contributed by atoms with Crippen molar-refractivity contribution in [3.63, 3.8) is 0 Å². The number of rotatable bonds is 10. The molecule has 8 nitrogen and oxygen atoms in total. The molecule has 3 aromatic rings. The van der Waals surface area contributed by atoms with Gasteiger partial charge in [-0.2, -0.15) is 0 Å². The first-order valence-corrected chi connectivity index (χ1v) is 11.7. The Kier molecular flexibility index (Phi) is 7.48. The largest absolute Gasteiger partial charge is 0.493 e. The summed E-state index contributed by atoms with van der Waals surface area (Å²) >= 11 is 1.15. The molecule has 0 spiro atoms. The molecule has 0 bridgehead atoms. The lowest BCUT2D eigenvalue weighted by atomic mass is 10.1. The summed E-state index contributed by atoms with van der Waals surface area (Å²) in [6, 6.07) is 13.5. The van der Waals surface area contributed by atoms with Crippen LogP contribution in [0, 0.1) is 0 Å². The summed E-state index contributed by atoms with van der Waals surface area (Å²) in [5.41, 5.74) is 0.951. The third kappa shape index (κ3) is 5.53. The number of nitrogens with one attached hydrogen (secondary N) is 1. The zero-order valence-corrected chi connectivity index (χ0v) is 18.8. The predicted molar refractivity (Wildman–Crippen MR) is 119 cm³/mol. The first kappa shape index (κ1) is 22.6. The lowest BCUT2D eigenvalue weighted by Crippen LogP contribution is -2.41. The van der Waals surface area contributed by atoms with Gasteiger partial charge in [0.25, 0.3) is 10.0 Å². The summed E-state index contributed by atoms with van der Waals surface area (Å²) < 4.78 is 37.7. The third-order valence-electron chi connectivity index (χ3n) is 4.43. The number of hydrogen-bond acceptors (Lipinski definition) is 7. The monoisotopic (exact) mass is 461 g/mol. The van der Waals surface area contributed by atoms with Crippen LogP contribution in [0.2, 0.25) is 0 Å². The lowest BCUT2D eigenvalue weighted by molar-refractivity contribution is -0.119. The minimum Gasteiger partial charge on any atom is -0.493 e. The number of nitrogens with zero attached hydrogens (tertiary/aromatic N) is 2. The standard InChI is InChI=1S/C21H23N3O5S2/c1-28-18-9-8-16(14-19(18)29-2)10-11-22-20(25)15-24(21-23-12-13-30-21)31(26,27)17-6-4-3-5-7-17/h3-9,12-14H,10-11,15H2,1-2H3,(H,22,25). The number of amides is 1. The molecule has 0 aliphatic rings. The number of anilines is 1. The molecule has 0 saturated carbocycles. The Labute approximate surface area is 185 Å². The Bertz CT molecular complexity index is 1100. The highest BCUT2D eigenvalue weighted by molar-refractivity contribution is 7.93. The van der Waals surface area contributed by atoms with Crippen LogP contribution in [0.1, 0.15) is 5.56 Å². The van der Waals surface area contributed by atoms with E-state index < -0.39 is 15.9 Å². The van der Waals surface area contributed by atoms with Crippen LogP contribution in [0.4, 0.5) is 5.13 Å². The number of benzene rings is 2. The van der Waals surface area contributed by atoms with Gasteiger partial charge in [0, 0.05) is 18.1 Å². The van der Waals surface area contributed by atoms with Gasteiger partial charge in [0.1, 0.15) is 6.54 Å². The van der Waals surface area contributed by atoms with E-state index in [1.54, 1.807) is 43.9 Å². The van der Waals surface area contributed by atoms with E-state index in [-0.39, 0.29) is 16.6 Å². The molecule has 3 rings (SSSR count). The van der Waals surface area contributed by atoms with Crippen LogP contribution in [0.15, 0.2) is 65.0 Å². The van der Waals surface area contributed by atoms with Crippen molar-refractivity contribution in [2.75, 3.05) is 31.6 Å². The highest BCUT2D eigenvalue weighted by Gasteiger charge is 2.28. The van der Waals surface area contributed by atoms with Gasteiger partial charge in [-0.15, -0.1) is 11.3 Å². The van der Waals surface area contributed by atoms with Crippen molar-refractivity contribution in [1.29, 1.82) is 0 Å². The van der Waals surface area contributed by atoms with Crippen LogP contribution in [0.25, 0.3) is 0 Å². The summed E-state index contributed by atoms with van der Waals surface area (Å²) in [4.78, 5) is 16.7. The average molecular weight is 462 g/mol. The molecule has 0 aliphatic heterocycles. The summed E-state index contributed by atoms with van der Waals surface area (Å²) in [7, 11) is -0.799. The molecule has 0 saturated heterocycles. The quantitative estimate of drug-likeness (QED) is 0.499. The topological polar surface area (TPSA) is 97.8 Å². The number of carbonyl (C=O) groups is 1. The maximum atomic E-state index is 13.1. The van der Waals surface area contributed by atoms with Gasteiger partial charge >= 0.3 is 0 Å². The van der Waals surface area contributed by atoms with Gasteiger partial charge in [0.2, 0.25) is 5.91 Å². The van der Waals surface area contributed by atoms with E-state index in [0.29, 0.717) is 24.5 Å². The van der Waals surface area contributed by atoms with Crippen molar-refractivity contribution in [3.8, 4) is 11.5 Å². The van der Waals surface area contributed by atoms with E-state index >= 15 is 0 Å². The Hall–Kier alpha value is -3.11. The SMILES string of the molecule is COc1ccc(CCNC(=O)CN(c2nccs2)S(=O)(=O)c2ccccc2)cc1OC. The molecule has 0 atom stereocenters. The number of sulfonamides is 1. The molecule has 1 aromatic heterocycles. The highest BCUT2D eigenvalue weighted by Crippen LogP contribution is 2.28. The molecule has 1 heterocycles. The predicted octanol–water partition coefficient (Wildman–Crippen LogP) is 2.71. The molecule has 10 heteroatoms. The molecule has 1 amide bonds. The van der Waals surface area contributed by atoms with Crippen molar-refractivity contribution in [1.82, 2.24) is 10.3 Å². The van der Waals surface area contributed by atoms with Crippen LogP contribution in [0.3, 0.4) is 0 Å².